The maximum atomic E-state index is 12.6. The molecule has 1 aromatic rings. The van der Waals surface area contributed by atoms with Crippen molar-refractivity contribution in [2.45, 2.75) is 38.1 Å². The van der Waals surface area contributed by atoms with Crippen molar-refractivity contribution < 1.29 is 13.2 Å². The van der Waals surface area contributed by atoms with Gasteiger partial charge in [-0.15, -0.1) is 0 Å². The molecular formula is C13H21NO3S. The zero-order valence-electron chi connectivity index (χ0n) is 11.4. The Bertz CT molecular complexity index is 485. The molecule has 102 valence electrons. The van der Waals surface area contributed by atoms with Gasteiger partial charge in [0.15, 0.2) is 0 Å². The van der Waals surface area contributed by atoms with Crippen LogP contribution in [0.1, 0.15) is 25.8 Å². The lowest BCUT2D eigenvalue weighted by atomic mass is 10.2. The fourth-order valence-electron chi connectivity index (χ4n) is 1.74. The van der Waals surface area contributed by atoms with Gasteiger partial charge in [-0.2, -0.15) is 4.31 Å². The molecule has 18 heavy (non-hydrogen) atoms. The lowest BCUT2D eigenvalue weighted by Crippen LogP contribution is -2.39. The van der Waals surface area contributed by atoms with Crippen molar-refractivity contribution >= 4 is 10.0 Å². The predicted molar refractivity (Wildman–Crippen MR) is 71.8 cm³/mol. The normalized spacial score (nSPS) is 13.8. The molecule has 0 fully saturated rings. The lowest BCUT2D eigenvalue weighted by molar-refractivity contribution is 0.0964. The van der Waals surface area contributed by atoms with Crippen LogP contribution in [0.2, 0.25) is 0 Å². The second kappa shape index (κ2) is 6.31. The Morgan fingerprint density at radius 2 is 1.94 bits per heavy atom. The Morgan fingerprint density at radius 3 is 2.44 bits per heavy atom. The molecule has 0 aliphatic rings. The van der Waals surface area contributed by atoms with Crippen LogP contribution in [-0.4, -0.2) is 32.6 Å². The van der Waals surface area contributed by atoms with E-state index in [-0.39, 0.29) is 12.8 Å². The second-order valence-electron chi connectivity index (χ2n) is 4.33. The average molecular weight is 271 g/mol. The first-order valence-corrected chi connectivity index (χ1v) is 7.45. The van der Waals surface area contributed by atoms with E-state index in [4.69, 9.17) is 4.74 Å². The van der Waals surface area contributed by atoms with Crippen molar-refractivity contribution in [3.05, 3.63) is 29.8 Å². The van der Waals surface area contributed by atoms with E-state index < -0.39 is 10.0 Å². The minimum atomic E-state index is -3.50. The van der Waals surface area contributed by atoms with E-state index in [9.17, 15) is 8.42 Å². The van der Waals surface area contributed by atoms with Crippen molar-refractivity contribution in [1.29, 1.82) is 0 Å². The molecule has 4 nitrogen and oxygen atoms in total. The van der Waals surface area contributed by atoms with Crippen LogP contribution in [0.15, 0.2) is 29.2 Å². The first-order valence-electron chi connectivity index (χ1n) is 6.01. The third-order valence-electron chi connectivity index (χ3n) is 3.02. The topological polar surface area (TPSA) is 46.6 Å². The zero-order valence-corrected chi connectivity index (χ0v) is 12.2. The van der Waals surface area contributed by atoms with Crippen LogP contribution in [0, 0.1) is 6.92 Å². The highest BCUT2D eigenvalue weighted by atomic mass is 32.2. The van der Waals surface area contributed by atoms with Crippen molar-refractivity contribution in [1.82, 2.24) is 4.31 Å². The van der Waals surface area contributed by atoms with Crippen LogP contribution in [-0.2, 0) is 14.8 Å². The van der Waals surface area contributed by atoms with Gasteiger partial charge in [0.1, 0.15) is 6.73 Å². The van der Waals surface area contributed by atoms with Crippen molar-refractivity contribution in [2.75, 3.05) is 13.8 Å². The van der Waals surface area contributed by atoms with E-state index in [1.165, 1.54) is 11.4 Å². The molecule has 1 atom stereocenters. The van der Waals surface area contributed by atoms with Gasteiger partial charge in [0.2, 0.25) is 10.0 Å². The Balaban J connectivity index is 3.21. The highest BCUT2D eigenvalue weighted by molar-refractivity contribution is 7.89. The monoisotopic (exact) mass is 271 g/mol. The van der Waals surface area contributed by atoms with Gasteiger partial charge >= 0.3 is 0 Å². The summed E-state index contributed by atoms with van der Waals surface area (Å²) in [6.45, 7) is 5.72. The second-order valence-corrected chi connectivity index (χ2v) is 6.19. The molecule has 0 amide bonds. The van der Waals surface area contributed by atoms with Gasteiger partial charge in [-0.05, 0) is 31.9 Å². The highest BCUT2D eigenvalue weighted by Crippen LogP contribution is 2.22. The maximum absolute atomic E-state index is 12.6. The standard InChI is InChI=1S/C13H21NO3S/c1-5-12(3)14(10-17-4)18(15,16)13-9-7-6-8-11(13)2/h6-9,12H,5,10H2,1-4H3. The van der Waals surface area contributed by atoms with Gasteiger partial charge < -0.3 is 4.74 Å². The summed E-state index contributed by atoms with van der Waals surface area (Å²) in [5.41, 5.74) is 0.752. The average Bonchev–Trinajstić information content (AvgIpc) is 2.35. The van der Waals surface area contributed by atoms with E-state index in [1.807, 2.05) is 19.9 Å². The zero-order chi connectivity index (χ0) is 13.8. The molecule has 0 aliphatic heterocycles. The summed E-state index contributed by atoms with van der Waals surface area (Å²) in [5, 5.41) is 0. The van der Waals surface area contributed by atoms with Crippen LogP contribution in [0.3, 0.4) is 0 Å². The quantitative estimate of drug-likeness (QED) is 0.746. The SMILES string of the molecule is CCC(C)N(COC)S(=O)(=O)c1ccccc1C. The predicted octanol–water partition coefficient (Wildman–Crippen LogP) is 2.39. The number of rotatable bonds is 6. The van der Waals surface area contributed by atoms with Crippen molar-refractivity contribution in [3.63, 3.8) is 0 Å². The molecule has 0 heterocycles. The third-order valence-corrected chi connectivity index (χ3v) is 5.12. The Kier molecular flexibility index (Phi) is 5.31. The Morgan fingerprint density at radius 1 is 1.33 bits per heavy atom. The molecule has 0 radical (unpaired) electrons. The van der Waals surface area contributed by atoms with Crippen LogP contribution in [0.5, 0.6) is 0 Å². The van der Waals surface area contributed by atoms with Gasteiger partial charge in [-0.25, -0.2) is 8.42 Å². The summed E-state index contributed by atoms with van der Waals surface area (Å²) in [4.78, 5) is 0.349. The Hall–Kier alpha value is -0.910. The van der Waals surface area contributed by atoms with Gasteiger partial charge in [-0.3, -0.25) is 0 Å². The number of nitrogens with zero attached hydrogens (tertiary/aromatic N) is 1. The minimum Gasteiger partial charge on any atom is -0.368 e. The highest BCUT2D eigenvalue weighted by Gasteiger charge is 2.29. The fraction of sp³-hybridized carbons (Fsp3) is 0.538. The number of aryl methyl sites for hydroxylation is 1. The summed E-state index contributed by atoms with van der Waals surface area (Å²) in [6, 6.07) is 6.92. The Labute approximate surface area is 110 Å². The first kappa shape index (κ1) is 15.1. The number of methoxy groups -OCH3 is 1. The number of ether oxygens (including phenoxy) is 1. The van der Waals surface area contributed by atoms with Crippen molar-refractivity contribution in [3.8, 4) is 0 Å². The number of benzene rings is 1. The number of hydrogen-bond acceptors (Lipinski definition) is 3. The molecule has 1 aromatic carbocycles. The lowest BCUT2D eigenvalue weighted by Gasteiger charge is -2.27. The molecule has 0 spiro atoms. The van der Waals surface area contributed by atoms with Gasteiger partial charge in [0, 0.05) is 13.2 Å². The first-order chi connectivity index (χ1) is 8.45. The summed E-state index contributed by atoms with van der Waals surface area (Å²) in [7, 11) is -1.99. The molecule has 0 aromatic heterocycles. The van der Waals surface area contributed by atoms with E-state index >= 15 is 0 Å². The number of sulfonamides is 1. The fourth-order valence-corrected chi connectivity index (χ4v) is 3.58. The largest absolute Gasteiger partial charge is 0.368 e. The van der Waals surface area contributed by atoms with Crippen LogP contribution >= 0.6 is 0 Å². The summed E-state index contributed by atoms with van der Waals surface area (Å²) in [5.74, 6) is 0. The molecule has 1 rings (SSSR count). The maximum Gasteiger partial charge on any atom is 0.245 e. The van der Waals surface area contributed by atoms with E-state index in [0.717, 1.165) is 12.0 Å². The summed E-state index contributed by atoms with van der Waals surface area (Å²) < 4.78 is 31.6. The van der Waals surface area contributed by atoms with Crippen LogP contribution in [0.4, 0.5) is 0 Å². The summed E-state index contributed by atoms with van der Waals surface area (Å²) >= 11 is 0. The molecule has 0 saturated carbocycles. The molecule has 0 aliphatic carbocycles. The molecule has 1 unspecified atom stereocenters. The summed E-state index contributed by atoms with van der Waals surface area (Å²) in [6.07, 6.45) is 0.745. The third kappa shape index (κ3) is 3.10. The van der Waals surface area contributed by atoms with Crippen LogP contribution < -0.4 is 0 Å². The van der Waals surface area contributed by atoms with E-state index in [2.05, 4.69) is 0 Å². The smallest absolute Gasteiger partial charge is 0.245 e. The molecule has 5 heteroatoms. The van der Waals surface area contributed by atoms with Crippen molar-refractivity contribution in [2.24, 2.45) is 0 Å². The van der Waals surface area contributed by atoms with E-state index in [1.54, 1.807) is 25.1 Å². The van der Waals surface area contributed by atoms with Gasteiger partial charge in [0.05, 0.1) is 4.90 Å². The van der Waals surface area contributed by atoms with E-state index in [0.29, 0.717) is 4.90 Å². The molecular weight excluding hydrogens is 250 g/mol. The van der Waals surface area contributed by atoms with Crippen LogP contribution in [0.25, 0.3) is 0 Å². The van der Waals surface area contributed by atoms with Gasteiger partial charge in [-0.1, -0.05) is 25.1 Å². The molecule has 0 N–H and O–H groups in total. The molecule has 0 bridgehead atoms. The number of hydrogen-bond donors (Lipinski definition) is 0. The molecule has 0 saturated heterocycles. The van der Waals surface area contributed by atoms with Gasteiger partial charge in [0.25, 0.3) is 0 Å². The minimum absolute atomic E-state index is 0.0751.